The maximum absolute atomic E-state index is 5.77. The van der Waals surface area contributed by atoms with Gasteiger partial charge in [0, 0.05) is 6.42 Å². The molecule has 4 heteroatoms. The van der Waals surface area contributed by atoms with Crippen molar-refractivity contribution in [3.05, 3.63) is 16.0 Å². The van der Waals surface area contributed by atoms with Gasteiger partial charge in [-0.2, -0.15) is 0 Å². The Morgan fingerprint density at radius 3 is 2.57 bits per heavy atom. The first kappa shape index (κ1) is 11.4. The van der Waals surface area contributed by atoms with Gasteiger partial charge in [0.2, 0.25) is 0 Å². The predicted molar refractivity (Wildman–Crippen MR) is 62.1 cm³/mol. The van der Waals surface area contributed by atoms with Crippen LogP contribution < -0.4 is 5.73 Å². The smallest absolute Gasteiger partial charge is 0.141 e. The summed E-state index contributed by atoms with van der Waals surface area (Å²) in [7, 11) is 0. The predicted octanol–water partition coefficient (Wildman–Crippen LogP) is 2.73. The average Bonchev–Trinajstić information content (AvgIpc) is 2.19. The molecule has 0 saturated carbocycles. The first-order valence-electron chi connectivity index (χ1n) is 4.99. The monoisotopic (exact) mass is 257 g/mol. The summed E-state index contributed by atoms with van der Waals surface area (Å²) in [6.07, 6.45) is 4.07. The molecule has 0 saturated heterocycles. The molecule has 78 valence electrons. The second-order valence-corrected chi connectivity index (χ2v) is 4.04. The zero-order chi connectivity index (χ0) is 10.6. The molecule has 0 amide bonds. The maximum atomic E-state index is 5.77. The molecule has 14 heavy (non-hydrogen) atoms. The second kappa shape index (κ2) is 5.29. The fourth-order valence-corrected chi connectivity index (χ4v) is 1.70. The Kier molecular flexibility index (Phi) is 4.32. The van der Waals surface area contributed by atoms with Crippen LogP contribution in [0.4, 0.5) is 5.82 Å². The summed E-state index contributed by atoms with van der Waals surface area (Å²) in [4.78, 5) is 8.69. The van der Waals surface area contributed by atoms with E-state index in [1.807, 2.05) is 0 Å². The Bertz CT molecular complexity index is 312. The summed E-state index contributed by atoms with van der Waals surface area (Å²) in [6.45, 7) is 4.22. The standard InChI is InChI=1S/C10H16BrN3/c1-3-5-6-8-13-7(4-2)9(11)10(12)14-8/h3-6H2,1-2H3,(H2,12,13,14). The lowest BCUT2D eigenvalue weighted by molar-refractivity contribution is 0.744. The Morgan fingerprint density at radius 2 is 2.00 bits per heavy atom. The molecule has 1 heterocycles. The topological polar surface area (TPSA) is 51.8 Å². The van der Waals surface area contributed by atoms with Gasteiger partial charge in [-0.25, -0.2) is 9.97 Å². The first-order chi connectivity index (χ1) is 6.69. The van der Waals surface area contributed by atoms with Gasteiger partial charge in [0.05, 0.1) is 10.2 Å². The van der Waals surface area contributed by atoms with E-state index in [0.29, 0.717) is 5.82 Å². The first-order valence-corrected chi connectivity index (χ1v) is 5.79. The lowest BCUT2D eigenvalue weighted by Crippen LogP contribution is -2.04. The van der Waals surface area contributed by atoms with Crippen LogP contribution in [0, 0.1) is 0 Å². The third-order valence-electron chi connectivity index (χ3n) is 2.08. The van der Waals surface area contributed by atoms with Crippen molar-refractivity contribution in [2.24, 2.45) is 0 Å². The number of aromatic nitrogens is 2. The fraction of sp³-hybridized carbons (Fsp3) is 0.600. The van der Waals surface area contributed by atoms with Crippen molar-refractivity contribution in [2.75, 3.05) is 5.73 Å². The zero-order valence-electron chi connectivity index (χ0n) is 8.68. The second-order valence-electron chi connectivity index (χ2n) is 3.24. The lowest BCUT2D eigenvalue weighted by atomic mass is 10.2. The molecule has 0 atom stereocenters. The van der Waals surface area contributed by atoms with Crippen LogP contribution in [0.1, 0.15) is 38.2 Å². The van der Waals surface area contributed by atoms with Crippen molar-refractivity contribution in [1.29, 1.82) is 0 Å². The summed E-state index contributed by atoms with van der Waals surface area (Å²) in [5.74, 6) is 1.42. The van der Waals surface area contributed by atoms with Crippen LogP contribution in [0.15, 0.2) is 4.47 Å². The number of rotatable bonds is 4. The molecule has 0 bridgehead atoms. The van der Waals surface area contributed by atoms with Crippen LogP contribution in [0.3, 0.4) is 0 Å². The fourth-order valence-electron chi connectivity index (χ4n) is 1.25. The molecule has 1 rings (SSSR count). The number of halogens is 1. The quantitative estimate of drug-likeness (QED) is 0.903. The van der Waals surface area contributed by atoms with Gasteiger partial charge in [0.1, 0.15) is 11.6 Å². The van der Waals surface area contributed by atoms with Gasteiger partial charge in [0.15, 0.2) is 0 Å². The van der Waals surface area contributed by atoms with E-state index in [4.69, 9.17) is 5.73 Å². The number of nitrogens with two attached hydrogens (primary N) is 1. The molecule has 0 unspecified atom stereocenters. The molecule has 0 spiro atoms. The number of hydrogen-bond donors (Lipinski definition) is 1. The molecule has 2 N–H and O–H groups in total. The van der Waals surface area contributed by atoms with E-state index < -0.39 is 0 Å². The summed E-state index contributed by atoms with van der Waals surface area (Å²) in [5, 5.41) is 0. The van der Waals surface area contributed by atoms with Crippen molar-refractivity contribution in [3.8, 4) is 0 Å². The molecule has 1 aromatic rings. The summed E-state index contributed by atoms with van der Waals surface area (Å²) >= 11 is 3.39. The third kappa shape index (κ3) is 2.67. The minimum absolute atomic E-state index is 0.558. The summed E-state index contributed by atoms with van der Waals surface area (Å²) < 4.78 is 0.847. The van der Waals surface area contributed by atoms with E-state index in [2.05, 4.69) is 39.7 Å². The van der Waals surface area contributed by atoms with Crippen LogP contribution >= 0.6 is 15.9 Å². The van der Waals surface area contributed by atoms with Gasteiger partial charge in [-0.3, -0.25) is 0 Å². The molecular formula is C10H16BrN3. The molecule has 3 nitrogen and oxygen atoms in total. The van der Waals surface area contributed by atoms with Crippen LogP contribution in [-0.4, -0.2) is 9.97 Å². The van der Waals surface area contributed by atoms with E-state index in [1.165, 1.54) is 0 Å². The molecule has 1 aromatic heterocycles. The number of nitrogens with zero attached hydrogens (tertiary/aromatic N) is 2. The minimum Gasteiger partial charge on any atom is -0.383 e. The van der Waals surface area contributed by atoms with Crippen molar-refractivity contribution in [2.45, 2.75) is 39.5 Å². The largest absolute Gasteiger partial charge is 0.383 e. The number of unbranched alkanes of at least 4 members (excludes halogenated alkanes) is 1. The van der Waals surface area contributed by atoms with Crippen LogP contribution in [0.25, 0.3) is 0 Å². The Labute approximate surface area is 93.3 Å². The van der Waals surface area contributed by atoms with E-state index in [9.17, 15) is 0 Å². The van der Waals surface area contributed by atoms with Crippen molar-refractivity contribution in [1.82, 2.24) is 9.97 Å². The van der Waals surface area contributed by atoms with Crippen molar-refractivity contribution >= 4 is 21.7 Å². The Morgan fingerprint density at radius 1 is 1.29 bits per heavy atom. The maximum Gasteiger partial charge on any atom is 0.141 e. The van der Waals surface area contributed by atoms with Crippen molar-refractivity contribution < 1.29 is 0 Å². The van der Waals surface area contributed by atoms with Crippen LogP contribution in [0.5, 0.6) is 0 Å². The third-order valence-corrected chi connectivity index (χ3v) is 2.94. The SMILES string of the molecule is CCCCc1nc(N)c(Br)c(CC)n1. The highest BCUT2D eigenvalue weighted by atomic mass is 79.9. The number of nitrogen functional groups attached to an aromatic ring is 1. The van der Waals surface area contributed by atoms with Gasteiger partial charge < -0.3 is 5.73 Å². The van der Waals surface area contributed by atoms with E-state index in [-0.39, 0.29) is 0 Å². The van der Waals surface area contributed by atoms with Gasteiger partial charge in [-0.1, -0.05) is 20.3 Å². The summed E-state index contributed by atoms with van der Waals surface area (Å²) in [6, 6.07) is 0. The average molecular weight is 258 g/mol. The lowest BCUT2D eigenvalue weighted by Gasteiger charge is -2.06. The van der Waals surface area contributed by atoms with Gasteiger partial charge in [0.25, 0.3) is 0 Å². The number of anilines is 1. The minimum atomic E-state index is 0.558. The van der Waals surface area contributed by atoms with E-state index in [1.54, 1.807) is 0 Å². The summed E-state index contributed by atoms with van der Waals surface area (Å²) in [5.41, 5.74) is 6.77. The molecule has 0 aliphatic carbocycles. The van der Waals surface area contributed by atoms with Crippen molar-refractivity contribution in [3.63, 3.8) is 0 Å². The molecular weight excluding hydrogens is 242 g/mol. The molecule has 0 aliphatic rings. The highest BCUT2D eigenvalue weighted by Gasteiger charge is 2.07. The van der Waals surface area contributed by atoms with Gasteiger partial charge >= 0.3 is 0 Å². The van der Waals surface area contributed by atoms with Gasteiger partial charge in [-0.15, -0.1) is 0 Å². The molecule has 0 radical (unpaired) electrons. The highest BCUT2D eigenvalue weighted by molar-refractivity contribution is 9.10. The van der Waals surface area contributed by atoms with E-state index in [0.717, 1.165) is 41.7 Å². The van der Waals surface area contributed by atoms with Crippen LogP contribution in [0.2, 0.25) is 0 Å². The Hall–Kier alpha value is -0.640. The van der Waals surface area contributed by atoms with E-state index >= 15 is 0 Å². The normalized spacial score (nSPS) is 10.5. The van der Waals surface area contributed by atoms with Gasteiger partial charge in [-0.05, 0) is 28.8 Å². The number of hydrogen-bond acceptors (Lipinski definition) is 3. The Balaban J connectivity index is 2.91. The van der Waals surface area contributed by atoms with Crippen LogP contribution in [-0.2, 0) is 12.8 Å². The number of aryl methyl sites for hydroxylation is 2. The molecule has 0 fully saturated rings. The molecule has 0 aromatic carbocycles. The zero-order valence-corrected chi connectivity index (χ0v) is 10.3. The highest BCUT2D eigenvalue weighted by Crippen LogP contribution is 2.21. The molecule has 0 aliphatic heterocycles.